The Morgan fingerprint density at radius 3 is 2.42 bits per heavy atom. The number of benzene rings is 3. The maximum atomic E-state index is 13.3. The molecule has 0 bridgehead atoms. The number of halogens is 1. The van der Waals surface area contributed by atoms with Crippen LogP contribution in [0, 0.1) is 5.82 Å². The van der Waals surface area contributed by atoms with Gasteiger partial charge in [-0.05, 0) is 60.4 Å². The third-order valence-corrected chi connectivity index (χ3v) is 5.31. The first-order valence-electron chi connectivity index (χ1n) is 10.5. The lowest BCUT2D eigenvalue weighted by Crippen LogP contribution is -2.40. The van der Waals surface area contributed by atoms with Crippen molar-refractivity contribution in [3.05, 3.63) is 77.6 Å². The fraction of sp³-hybridized carbons (Fsp3) is 0.240. The summed E-state index contributed by atoms with van der Waals surface area (Å²) in [5, 5.41) is 5.85. The van der Waals surface area contributed by atoms with E-state index in [2.05, 4.69) is 10.6 Å². The molecule has 7 nitrogen and oxygen atoms in total. The lowest BCUT2D eigenvalue weighted by atomic mass is 9.98. The minimum Gasteiger partial charge on any atom is -0.497 e. The molecule has 4 rings (SSSR count). The van der Waals surface area contributed by atoms with Crippen LogP contribution in [-0.2, 0) is 12.8 Å². The summed E-state index contributed by atoms with van der Waals surface area (Å²) in [7, 11) is 3.08. The Bertz CT molecular complexity index is 1120. The highest BCUT2D eigenvalue weighted by Crippen LogP contribution is 2.33. The molecule has 0 radical (unpaired) electrons. The average Bonchev–Trinajstić information content (AvgIpc) is 3.28. The lowest BCUT2D eigenvalue weighted by molar-refractivity contribution is 0.174. The predicted octanol–water partition coefficient (Wildman–Crippen LogP) is 4.55. The molecule has 1 aliphatic heterocycles. The minimum absolute atomic E-state index is 0.197. The minimum atomic E-state index is -0.383. The van der Waals surface area contributed by atoms with E-state index >= 15 is 0 Å². The smallest absolute Gasteiger partial charge is 0.319 e. The molecule has 0 saturated carbocycles. The van der Waals surface area contributed by atoms with Crippen LogP contribution in [0.4, 0.5) is 14.9 Å². The third-order valence-electron chi connectivity index (χ3n) is 5.31. The molecule has 1 aliphatic rings. The van der Waals surface area contributed by atoms with Gasteiger partial charge in [-0.25, -0.2) is 9.18 Å². The Hall–Kier alpha value is -3.94. The molecule has 0 aliphatic carbocycles. The standard InChI is InChI=1S/C25H25FN2O5/c1-30-20-8-9-21(23(14-20)31-2)28-25(29)27-19(11-16-3-6-18(26)7-4-16)12-17-5-10-22-24(13-17)33-15-32-22/h3-10,13-14,19H,11-12,15H2,1-2H3,(H2,27,28,29). The van der Waals surface area contributed by atoms with E-state index < -0.39 is 0 Å². The van der Waals surface area contributed by atoms with E-state index in [0.717, 1.165) is 11.1 Å². The van der Waals surface area contributed by atoms with Crippen LogP contribution >= 0.6 is 0 Å². The molecule has 3 aromatic rings. The van der Waals surface area contributed by atoms with Crippen LogP contribution in [-0.4, -0.2) is 33.1 Å². The maximum Gasteiger partial charge on any atom is 0.319 e. The number of hydrogen-bond acceptors (Lipinski definition) is 5. The number of hydrogen-bond donors (Lipinski definition) is 2. The second kappa shape index (κ2) is 10.1. The fourth-order valence-corrected chi connectivity index (χ4v) is 3.68. The van der Waals surface area contributed by atoms with Crippen molar-refractivity contribution in [2.75, 3.05) is 26.3 Å². The molecule has 1 heterocycles. The maximum absolute atomic E-state index is 13.3. The van der Waals surface area contributed by atoms with Gasteiger partial charge in [0, 0.05) is 12.1 Å². The van der Waals surface area contributed by atoms with Gasteiger partial charge in [-0.15, -0.1) is 0 Å². The first-order valence-corrected chi connectivity index (χ1v) is 10.5. The normalized spacial score (nSPS) is 12.7. The molecule has 2 amide bonds. The number of carbonyl (C=O) groups is 1. The quantitative estimate of drug-likeness (QED) is 0.525. The first-order chi connectivity index (χ1) is 16.0. The molecule has 0 spiro atoms. The highest BCUT2D eigenvalue weighted by molar-refractivity contribution is 5.91. The fourth-order valence-electron chi connectivity index (χ4n) is 3.68. The Labute approximate surface area is 191 Å². The zero-order valence-corrected chi connectivity index (χ0v) is 18.4. The average molecular weight is 452 g/mol. The van der Waals surface area contributed by atoms with Crippen molar-refractivity contribution in [1.82, 2.24) is 5.32 Å². The van der Waals surface area contributed by atoms with E-state index in [-0.39, 0.29) is 24.7 Å². The van der Waals surface area contributed by atoms with Crippen LogP contribution < -0.4 is 29.6 Å². The van der Waals surface area contributed by atoms with E-state index in [1.54, 1.807) is 37.4 Å². The number of urea groups is 1. The summed E-state index contributed by atoms with van der Waals surface area (Å²) in [5.74, 6) is 2.18. The molecule has 1 atom stereocenters. The van der Waals surface area contributed by atoms with Gasteiger partial charge in [-0.1, -0.05) is 18.2 Å². The molecule has 2 N–H and O–H groups in total. The highest BCUT2D eigenvalue weighted by atomic mass is 19.1. The summed E-state index contributed by atoms with van der Waals surface area (Å²) in [6.45, 7) is 0.197. The van der Waals surface area contributed by atoms with Crippen LogP contribution in [0.25, 0.3) is 0 Å². The van der Waals surface area contributed by atoms with Crippen molar-refractivity contribution in [2.45, 2.75) is 18.9 Å². The van der Waals surface area contributed by atoms with Gasteiger partial charge in [0.25, 0.3) is 0 Å². The predicted molar refractivity (Wildman–Crippen MR) is 122 cm³/mol. The zero-order valence-electron chi connectivity index (χ0n) is 18.4. The number of anilines is 1. The summed E-state index contributed by atoms with van der Waals surface area (Å²) in [6.07, 6.45) is 1.06. The van der Waals surface area contributed by atoms with Gasteiger partial charge in [-0.3, -0.25) is 0 Å². The monoisotopic (exact) mass is 452 g/mol. The van der Waals surface area contributed by atoms with Gasteiger partial charge in [-0.2, -0.15) is 0 Å². The molecule has 8 heteroatoms. The topological polar surface area (TPSA) is 78.1 Å². The number of rotatable bonds is 8. The molecular weight excluding hydrogens is 427 g/mol. The van der Waals surface area contributed by atoms with Crippen LogP contribution in [0.1, 0.15) is 11.1 Å². The van der Waals surface area contributed by atoms with Gasteiger partial charge in [0.2, 0.25) is 6.79 Å². The van der Waals surface area contributed by atoms with Gasteiger partial charge in [0.1, 0.15) is 17.3 Å². The number of methoxy groups -OCH3 is 2. The molecule has 0 fully saturated rings. The van der Waals surface area contributed by atoms with Crippen molar-refractivity contribution >= 4 is 11.7 Å². The number of carbonyl (C=O) groups excluding carboxylic acids is 1. The number of amides is 2. The van der Waals surface area contributed by atoms with Crippen LogP contribution in [0.15, 0.2) is 60.7 Å². The zero-order chi connectivity index (χ0) is 23.2. The van der Waals surface area contributed by atoms with Crippen LogP contribution in [0.5, 0.6) is 23.0 Å². The van der Waals surface area contributed by atoms with E-state index in [9.17, 15) is 9.18 Å². The number of nitrogens with one attached hydrogen (secondary N) is 2. The molecule has 33 heavy (non-hydrogen) atoms. The molecule has 1 unspecified atom stereocenters. The Morgan fingerprint density at radius 1 is 0.939 bits per heavy atom. The van der Waals surface area contributed by atoms with Crippen molar-refractivity contribution in [3.63, 3.8) is 0 Å². The number of fused-ring (bicyclic) bond motifs is 1. The van der Waals surface area contributed by atoms with Gasteiger partial charge in [0.15, 0.2) is 11.5 Å². The molecule has 0 aromatic heterocycles. The highest BCUT2D eigenvalue weighted by Gasteiger charge is 2.19. The van der Waals surface area contributed by atoms with E-state index in [1.165, 1.54) is 19.2 Å². The summed E-state index contributed by atoms with van der Waals surface area (Å²) < 4.78 is 34.7. The SMILES string of the molecule is COc1ccc(NC(=O)NC(Cc2ccc(F)cc2)Cc2ccc3c(c2)OCO3)c(OC)c1. The van der Waals surface area contributed by atoms with Gasteiger partial charge >= 0.3 is 6.03 Å². The molecule has 0 saturated heterocycles. The Kier molecular flexibility index (Phi) is 6.83. The van der Waals surface area contributed by atoms with Gasteiger partial charge in [0.05, 0.1) is 19.9 Å². The molecule has 172 valence electrons. The summed E-state index contributed by atoms with van der Waals surface area (Å²) in [6, 6.07) is 16.5. The molecule has 3 aromatic carbocycles. The summed E-state index contributed by atoms with van der Waals surface area (Å²) >= 11 is 0. The number of ether oxygens (including phenoxy) is 4. The second-order valence-electron chi connectivity index (χ2n) is 7.58. The van der Waals surface area contributed by atoms with Crippen molar-refractivity contribution in [1.29, 1.82) is 0 Å². The van der Waals surface area contributed by atoms with E-state index in [4.69, 9.17) is 18.9 Å². The van der Waals surface area contributed by atoms with E-state index in [1.807, 2.05) is 18.2 Å². The Balaban J connectivity index is 1.50. The lowest BCUT2D eigenvalue weighted by Gasteiger charge is -2.20. The second-order valence-corrected chi connectivity index (χ2v) is 7.58. The van der Waals surface area contributed by atoms with Crippen molar-refractivity contribution in [2.24, 2.45) is 0 Å². The largest absolute Gasteiger partial charge is 0.497 e. The summed E-state index contributed by atoms with van der Waals surface area (Å²) in [4.78, 5) is 12.9. The third kappa shape index (κ3) is 5.65. The van der Waals surface area contributed by atoms with Crippen LogP contribution in [0.3, 0.4) is 0 Å². The van der Waals surface area contributed by atoms with Crippen molar-refractivity contribution < 1.29 is 28.1 Å². The van der Waals surface area contributed by atoms with E-state index in [0.29, 0.717) is 41.5 Å². The molecular formula is C25H25FN2O5. The first kappa shape index (κ1) is 22.3. The Morgan fingerprint density at radius 2 is 1.67 bits per heavy atom. The van der Waals surface area contributed by atoms with Gasteiger partial charge < -0.3 is 29.6 Å². The van der Waals surface area contributed by atoms with Crippen molar-refractivity contribution in [3.8, 4) is 23.0 Å². The summed E-state index contributed by atoms with van der Waals surface area (Å²) in [5.41, 5.74) is 2.40. The van der Waals surface area contributed by atoms with Crippen LogP contribution in [0.2, 0.25) is 0 Å².